The Labute approximate surface area is 289 Å². The van der Waals surface area contributed by atoms with Crippen LogP contribution in [-0.4, -0.2) is 91.3 Å². The number of ether oxygens (including phenoxy) is 2. The van der Waals surface area contributed by atoms with E-state index >= 15 is 0 Å². The molecule has 1 aliphatic rings. The van der Waals surface area contributed by atoms with E-state index in [0.717, 1.165) is 53.1 Å². The Balaban J connectivity index is 1.20. The zero-order chi connectivity index (χ0) is 34.8. The smallest absolute Gasteiger partial charge is 0.251 e. The number of para-hydroxylation sites is 1. The highest BCUT2D eigenvalue weighted by Gasteiger charge is 2.25. The Morgan fingerprint density at radius 1 is 1.04 bits per heavy atom. The number of nitrogens with one attached hydrogen (secondary N) is 1. The number of aromatic nitrogens is 2. The van der Waals surface area contributed by atoms with Crippen molar-refractivity contribution in [3.05, 3.63) is 95.3 Å². The van der Waals surface area contributed by atoms with Gasteiger partial charge in [-0.1, -0.05) is 36.4 Å². The maximum absolute atomic E-state index is 13.5. The van der Waals surface area contributed by atoms with E-state index in [1.165, 1.54) is 5.56 Å². The highest BCUT2D eigenvalue weighted by molar-refractivity contribution is 5.97. The van der Waals surface area contributed by atoms with E-state index in [1.807, 2.05) is 76.6 Å². The van der Waals surface area contributed by atoms with Gasteiger partial charge in [0.15, 0.2) is 5.75 Å². The first kappa shape index (κ1) is 35.6. The third-order valence-electron chi connectivity index (χ3n) is 9.12. The molecule has 0 fully saturated rings. The molecule has 1 aliphatic heterocycles. The zero-order valence-corrected chi connectivity index (χ0v) is 29.3. The second-order valence-electron chi connectivity index (χ2n) is 13.4. The highest BCUT2D eigenvalue weighted by atomic mass is 16.5. The van der Waals surface area contributed by atoms with Crippen LogP contribution in [-0.2, 0) is 11.3 Å². The monoisotopic (exact) mass is 668 g/mol. The van der Waals surface area contributed by atoms with Crippen LogP contribution >= 0.6 is 0 Å². The molecule has 0 atom stereocenters. The minimum Gasteiger partial charge on any atom is -0.493 e. The second-order valence-corrected chi connectivity index (χ2v) is 13.4. The summed E-state index contributed by atoms with van der Waals surface area (Å²) in [5.74, 6) is 1.51. The van der Waals surface area contributed by atoms with Gasteiger partial charge in [0.05, 0.1) is 58.9 Å². The topological polar surface area (TPSA) is 106 Å². The van der Waals surface area contributed by atoms with E-state index in [0.29, 0.717) is 68.0 Å². The zero-order valence-electron chi connectivity index (χ0n) is 29.3. The summed E-state index contributed by atoms with van der Waals surface area (Å²) in [5, 5.41) is 16.9. The number of carbonyl (C=O) groups excluding carboxylic acids is 2. The highest BCUT2D eigenvalue weighted by Crippen LogP contribution is 2.40. The first-order valence-electron chi connectivity index (χ1n) is 17.2. The van der Waals surface area contributed by atoms with Crippen LogP contribution in [0.5, 0.6) is 11.5 Å². The van der Waals surface area contributed by atoms with Crippen LogP contribution in [0, 0.1) is 13.8 Å². The van der Waals surface area contributed by atoms with Crippen LogP contribution in [0.3, 0.4) is 0 Å². The Hall–Kier alpha value is -4.67. The third-order valence-corrected chi connectivity index (χ3v) is 9.12. The number of quaternary nitrogens is 1. The normalized spacial score (nSPS) is 13.0. The van der Waals surface area contributed by atoms with Gasteiger partial charge in [0.1, 0.15) is 12.3 Å². The average molecular weight is 669 g/mol. The van der Waals surface area contributed by atoms with E-state index in [-0.39, 0.29) is 18.4 Å². The fourth-order valence-electron chi connectivity index (χ4n) is 6.09. The number of aliphatic hydroxyl groups is 1. The summed E-state index contributed by atoms with van der Waals surface area (Å²) < 4.78 is 14.8. The van der Waals surface area contributed by atoms with E-state index in [2.05, 4.69) is 44.4 Å². The number of rotatable bonds is 15. The van der Waals surface area contributed by atoms with Gasteiger partial charge in [-0.05, 0) is 67.6 Å². The number of hydrogen-bond acceptors (Lipinski definition) is 6. The molecule has 0 aliphatic carbocycles. The number of likely N-dealkylation sites (N-methyl/N-ethyl adjacent to an activating group) is 1. The van der Waals surface area contributed by atoms with Crippen molar-refractivity contribution in [1.82, 2.24) is 15.1 Å². The third kappa shape index (κ3) is 9.49. The lowest BCUT2D eigenvalue weighted by atomic mass is 10.1. The Kier molecular flexibility index (Phi) is 12.1. The van der Waals surface area contributed by atoms with E-state index in [9.17, 15) is 14.7 Å². The second kappa shape index (κ2) is 16.6. The lowest BCUT2D eigenvalue weighted by Gasteiger charge is -2.28. The van der Waals surface area contributed by atoms with Crippen LogP contribution in [0.4, 0.5) is 5.69 Å². The van der Waals surface area contributed by atoms with Gasteiger partial charge in [0, 0.05) is 48.8 Å². The van der Waals surface area contributed by atoms with Crippen molar-refractivity contribution in [3.8, 4) is 22.6 Å². The molecule has 0 unspecified atom stereocenters. The molecule has 3 aromatic carbocycles. The van der Waals surface area contributed by atoms with Crippen LogP contribution in [0.15, 0.2) is 73.1 Å². The van der Waals surface area contributed by atoms with Gasteiger partial charge in [-0.25, -0.2) is 0 Å². The SMILES string of the molecule is Cc1cccc(OCCCC(=O)N2CCCOc3c(-c4cnn(Cc5cccc(C(=O)NCCC[N+](C)(C)CCO)c5)c4)cccc32)c1C. The predicted octanol–water partition coefficient (Wildman–Crippen LogP) is 5.38. The maximum atomic E-state index is 13.5. The van der Waals surface area contributed by atoms with Gasteiger partial charge in [-0.15, -0.1) is 0 Å². The van der Waals surface area contributed by atoms with Crippen LogP contribution in [0.2, 0.25) is 0 Å². The molecule has 0 saturated heterocycles. The molecule has 5 rings (SSSR count). The van der Waals surface area contributed by atoms with Gasteiger partial charge in [-0.3, -0.25) is 14.3 Å². The van der Waals surface area contributed by atoms with Gasteiger partial charge < -0.3 is 29.3 Å². The van der Waals surface area contributed by atoms with Crippen molar-refractivity contribution in [2.24, 2.45) is 0 Å². The molecule has 2 amide bonds. The minimum absolute atomic E-state index is 0.0535. The summed E-state index contributed by atoms with van der Waals surface area (Å²) in [6, 6.07) is 19.5. The number of aryl methyl sites for hydroxylation is 1. The molecule has 260 valence electrons. The van der Waals surface area contributed by atoms with E-state index in [4.69, 9.17) is 9.47 Å². The Morgan fingerprint density at radius 2 is 1.86 bits per heavy atom. The van der Waals surface area contributed by atoms with Gasteiger partial charge >= 0.3 is 0 Å². The van der Waals surface area contributed by atoms with Crippen LogP contribution in [0.1, 0.15) is 52.7 Å². The van der Waals surface area contributed by atoms with Crippen molar-refractivity contribution >= 4 is 17.5 Å². The van der Waals surface area contributed by atoms with Crippen LogP contribution < -0.4 is 19.7 Å². The fraction of sp³-hybridized carbons (Fsp3) is 0.410. The van der Waals surface area contributed by atoms with Crippen molar-refractivity contribution in [3.63, 3.8) is 0 Å². The molecular formula is C39H50N5O5+. The summed E-state index contributed by atoms with van der Waals surface area (Å²) in [6.07, 6.45) is 6.36. The summed E-state index contributed by atoms with van der Waals surface area (Å²) in [7, 11) is 4.15. The number of aliphatic hydroxyl groups excluding tert-OH is 1. The van der Waals surface area contributed by atoms with Gasteiger partial charge in [-0.2, -0.15) is 5.10 Å². The molecule has 2 heterocycles. The Bertz CT molecular complexity index is 1730. The largest absolute Gasteiger partial charge is 0.493 e. The van der Waals surface area contributed by atoms with Crippen molar-refractivity contribution < 1.29 is 28.7 Å². The molecule has 0 spiro atoms. The number of nitrogens with zero attached hydrogens (tertiary/aromatic N) is 4. The quantitative estimate of drug-likeness (QED) is 0.130. The first-order chi connectivity index (χ1) is 23.6. The van der Waals surface area contributed by atoms with Gasteiger partial charge in [0.2, 0.25) is 5.91 Å². The van der Waals surface area contributed by atoms with E-state index < -0.39 is 0 Å². The standard InChI is InChI=1S/C39H49N5O5/c1-29-11-5-16-36(30(29)2)48-23-8-17-37(46)43-19-10-24-49-38-34(14-7-15-35(38)43)33-26-41-42(28-33)27-31-12-6-13-32(25-31)39(47)40-18-9-20-44(3,4)21-22-45/h5-7,11-16,25-26,28,45H,8-10,17-24,27H2,1-4H3/p+1. The first-order valence-corrected chi connectivity index (χ1v) is 17.2. The molecule has 0 bridgehead atoms. The van der Waals surface area contributed by atoms with Crippen molar-refractivity contribution in [2.75, 3.05) is 65.0 Å². The molecule has 0 radical (unpaired) electrons. The number of amides is 2. The number of carbonyl (C=O) groups is 2. The molecule has 10 nitrogen and oxygen atoms in total. The molecule has 1 aromatic heterocycles. The molecular weight excluding hydrogens is 618 g/mol. The summed E-state index contributed by atoms with van der Waals surface area (Å²) >= 11 is 0. The van der Waals surface area contributed by atoms with Gasteiger partial charge in [0.25, 0.3) is 5.91 Å². The number of fused-ring (bicyclic) bond motifs is 1. The van der Waals surface area contributed by atoms with E-state index in [1.54, 1.807) is 0 Å². The van der Waals surface area contributed by atoms with Crippen molar-refractivity contribution in [1.29, 1.82) is 0 Å². The fourth-order valence-corrected chi connectivity index (χ4v) is 6.09. The average Bonchev–Trinajstić information content (AvgIpc) is 3.43. The number of hydrogen-bond donors (Lipinski definition) is 2. The predicted molar refractivity (Wildman–Crippen MR) is 192 cm³/mol. The number of anilines is 1. The molecule has 0 saturated carbocycles. The lowest BCUT2D eigenvalue weighted by molar-refractivity contribution is -0.890. The number of benzene rings is 3. The maximum Gasteiger partial charge on any atom is 0.251 e. The molecule has 4 aromatic rings. The summed E-state index contributed by atoms with van der Waals surface area (Å²) in [4.78, 5) is 28.2. The minimum atomic E-state index is -0.104. The molecule has 10 heteroatoms. The van der Waals surface area contributed by atoms with Crippen molar-refractivity contribution in [2.45, 2.75) is 46.1 Å². The summed E-state index contributed by atoms with van der Waals surface area (Å²) in [6.45, 7) is 8.50. The molecule has 2 N–H and O–H groups in total. The molecule has 49 heavy (non-hydrogen) atoms. The summed E-state index contributed by atoms with van der Waals surface area (Å²) in [5.41, 5.74) is 6.44. The van der Waals surface area contributed by atoms with Crippen LogP contribution in [0.25, 0.3) is 11.1 Å². The Morgan fingerprint density at radius 3 is 2.69 bits per heavy atom. The lowest BCUT2D eigenvalue weighted by Crippen LogP contribution is -2.43.